The van der Waals surface area contributed by atoms with Gasteiger partial charge in [-0.05, 0) is 30.7 Å². The van der Waals surface area contributed by atoms with Crippen molar-refractivity contribution in [3.8, 4) is 11.8 Å². The Balaban J connectivity index is 1.47. The number of nitrogens with one attached hydrogen (secondary N) is 4. The Morgan fingerprint density at radius 1 is 1.33 bits per heavy atom. The quantitative estimate of drug-likeness (QED) is 0.411. The highest BCUT2D eigenvalue weighted by Gasteiger charge is 2.28. The molecule has 1 fully saturated rings. The predicted molar refractivity (Wildman–Crippen MR) is 112 cm³/mol. The number of alkyl halides is 1. The van der Waals surface area contributed by atoms with Crippen molar-refractivity contribution in [3.05, 3.63) is 41.8 Å². The lowest BCUT2D eigenvalue weighted by molar-refractivity contribution is -0.122. The second-order valence-electron chi connectivity index (χ2n) is 6.83. The Labute approximate surface area is 174 Å². The van der Waals surface area contributed by atoms with E-state index in [9.17, 15) is 13.6 Å². The fourth-order valence-corrected chi connectivity index (χ4v) is 2.95. The summed E-state index contributed by atoms with van der Waals surface area (Å²) in [5.74, 6) is 6.53. The molecule has 1 aromatic heterocycles. The Kier molecular flexibility index (Phi) is 7.51. The Morgan fingerprint density at radius 2 is 2.13 bits per heavy atom. The van der Waals surface area contributed by atoms with E-state index in [2.05, 4.69) is 43.1 Å². The molecule has 1 saturated heterocycles. The van der Waals surface area contributed by atoms with Crippen LogP contribution in [0.15, 0.2) is 30.5 Å². The van der Waals surface area contributed by atoms with Gasteiger partial charge in [0.25, 0.3) is 0 Å². The highest BCUT2D eigenvalue weighted by Crippen LogP contribution is 2.17. The molecule has 0 radical (unpaired) electrons. The fourth-order valence-electron chi connectivity index (χ4n) is 2.95. The number of anilines is 3. The van der Waals surface area contributed by atoms with Crippen LogP contribution in [0.2, 0.25) is 0 Å². The molecular weight excluding hydrogens is 390 g/mol. The minimum atomic E-state index is -0.951. The predicted octanol–water partition coefficient (Wildman–Crippen LogP) is 2.35. The van der Waals surface area contributed by atoms with Gasteiger partial charge in [0.15, 0.2) is 0 Å². The van der Waals surface area contributed by atoms with Crippen molar-refractivity contribution in [1.29, 1.82) is 0 Å². The summed E-state index contributed by atoms with van der Waals surface area (Å²) >= 11 is 0. The van der Waals surface area contributed by atoms with Crippen LogP contribution in [0.25, 0.3) is 0 Å². The summed E-state index contributed by atoms with van der Waals surface area (Å²) in [7, 11) is 1.74. The van der Waals surface area contributed by atoms with Crippen LogP contribution < -0.4 is 21.3 Å². The van der Waals surface area contributed by atoms with Gasteiger partial charge in [-0.25, -0.2) is 13.8 Å². The van der Waals surface area contributed by atoms with Gasteiger partial charge >= 0.3 is 0 Å². The number of amides is 1. The lowest BCUT2D eigenvalue weighted by Crippen LogP contribution is -2.40. The lowest BCUT2D eigenvalue weighted by atomic mass is 10.2. The minimum Gasteiger partial charge on any atom is -0.372 e. The molecule has 3 rings (SSSR count). The van der Waals surface area contributed by atoms with Crippen LogP contribution in [0.1, 0.15) is 24.8 Å². The van der Waals surface area contributed by atoms with E-state index in [1.54, 1.807) is 25.4 Å². The van der Waals surface area contributed by atoms with Crippen LogP contribution in [0.5, 0.6) is 0 Å². The second-order valence-corrected chi connectivity index (χ2v) is 6.83. The Morgan fingerprint density at radius 3 is 2.83 bits per heavy atom. The summed E-state index contributed by atoms with van der Waals surface area (Å²) < 4.78 is 26.1. The first-order chi connectivity index (χ1) is 14.5. The first-order valence-corrected chi connectivity index (χ1v) is 9.76. The van der Waals surface area contributed by atoms with Crippen LogP contribution in [0, 0.1) is 17.7 Å². The van der Waals surface area contributed by atoms with E-state index in [4.69, 9.17) is 0 Å². The number of nitrogens with zero attached hydrogens (tertiary/aromatic N) is 2. The number of carbonyl (C=O) groups is 1. The van der Waals surface area contributed by atoms with E-state index in [1.807, 2.05) is 0 Å². The van der Waals surface area contributed by atoms with Gasteiger partial charge in [-0.15, -0.1) is 0 Å². The van der Waals surface area contributed by atoms with Crippen LogP contribution in [-0.4, -0.2) is 48.2 Å². The maximum absolute atomic E-state index is 13.1. The number of halogens is 2. The van der Waals surface area contributed by atoms with E-state index < -0.39 is 12.2 Å². The van der Waals surface area contributed by atoms with Gasteiger partial charge in [0, 0.05) is 38.7 Å². The van der Waals surface area contributed by atoms with Crippen molar-refractivity contribution in [2.24, 2.45) is 0 Å². The van der Waals surface area contributed by atoms with Crippen molar-refractivity contribution in [3.63, 3.8) is 0 Å². The number of rotatable bonds is 7. The number of aromatic nitrogens is 2. The van der Waals surface area contributed by atoms with E-state index in [1.165, 1.54) is 12.1 Å². The Hall–Kier alpha value is -3.25. The summed E-state index contributed by atoms with van der Waals surface area (Å²) in [4.78, 5) is 20.5. The van der Waals surface area contributed by atoms with E-state index >= 15 is 0 Å². The molecule has 9 heteroatoms. The number of benzene rings is 1. The summed E-state index contributed by atoms with van der Waals surface area (Å²) in [6.45, 7) is 0.718. The first kappa shape index (κ1) is 21.5. The zero-order valence-electron chi connectivity index (χ0n) is 16.6. The zero-order valence-corrected chi connectivity index (χ0v) is 16.6. The largest absolute Gasteiger partial charge is 0.372 e. The third kappa shape index (κ3) is 6.12. The molecule has 0 bridgehead atoms. The molecule has 1 unspecified atom stereocenters. The topological polar surface area (TPSA) is 91.0 Å². The first-order valence-electron chi connectivity index (χ1n) is 9.76. The van der Waals surface area contributed by atoms with Crippen molar-refractivity contribution in [1.82, 2.24) is 20.6 Å². The van der Waals surface area contributed by atoms with E-state index in [0.717, 1.165) is 0 Å². The third-order valence-corrected chi connectivity index (χ3v) is 4.52. The molecule has 4 N–H and O–H groups in total. The molecule has 1 aromatic carbocycles. The van der Waals surface area contributed by atoms with E-state index in [-0.39, 0.29) is 24.7 Å². The molecule has 158 valence electrons. The lowest BCUT2D eigenvalue weighted by Gasteiger charge is -2.09. The van der Waals surface area contributed by atoms with Gasteiger partial charge in [0.05, 0.1) is 17.8 Å². The smallest absolute Gasteiger partial charge is 0.237 e. The fraction of sp³-hybridized carbons (Fsp3) is 0.381. The average Bonchev–Trinajstić information content (AvgIpc) is 3.19. The van der Waals surface area contributed by atoms with Gasteiger partial charge in [0.2, 0.25) is 11.9 Å². The molecule has 30 heavy (non-hydrogen) atoms. The van der Waals surface area contributed by atoms with Crippen LogP contribution in [0.4, 0.5) is 26.2 Å². The second kappa shape index (κ2) is 10.5. The molecule has 2 heterocycles. The third-order valence-electron chi connectivity index (χ3n) is 4.52. The van der Waals surface area contributed by atoms with E-state index in [0.29, 0.717) is 42.4 Å². The van der Waals surface area contributed by atoms with Crippen molar-refractivity contribution in [2.45, 2.75) is 31.5 Å². The van der Waals surface area contributed by atoms with Gasteiger partial charge in [-0.2, -0.15) is 4.98 Å². The summed E-state index contributed by atoms with van der Waals surface area (Å²) in [5.41, 5.74) is 1.32. The van der Waals surface area contributed by atoms with Crippen molar-refractivity contribution >= 4 is 23.4 Å². The molecule has 1 aliphatic rings. The van der Waals surface area contributed by atoms with Gasteiger partial charge in [-0.3, -0.25) is 4.79 Å². The molecule has 0 saturated carbocycles. The van der Waals surface area contributed by atoms with Crippen molar-refractivity contribution in [2.75, 3.05) is 30.8 Å². The van der Waals surface area contributed by atoms with Gasteiger partial charge < -0.3 is 21.3 Å². The number of carbonyl (C=O) groups excluding carboxylic acids is 1. The van der Waals surface area contributed by atoms with Crippen molar-refractivity contribution < 1.29 is 13.6 Å². The molecule has 2 atom stereocenters. The molecule has 1 amide bonds. The van der Waals surface area contributed by atoms with Gasteiger partial charge in [0.1, 0.15) is 17.8 Å². The summed E-state index contributed by atoms with van der Waals surface area (Å²) in [6.07, 6.45) is 2.16. The summed E-state index contributed by atoms with van der Waals surface area (Å²) in [6, 6.07) is 5.46. The molecule has 1 aliphatic heterocycles. The van der Waals surface area contributed by atoms with Crippen LogP contribution in [0.3, 0.4) is 0 Å². The average molecular weight is 414 g/mol. The molecule has 0 spiro atoms. The number of unbranched alkanes of at least 4 members (excludes halogenated alkanes) is 1. The Bertz CT molecular complexity index is 925. The highest BCUT2D eigenvalue weighted by molar-refractivity contribution is 5.82. The minimum absolute atomic E-state index is 0.168. The number of hydrogen-bond acceptors (Lipinski definition) is 6. The van der Waals surface area contributed by atoms with Crippen LogP contribution >= 0.6 is 0 Å². The SMILES string of the molecule is CNc1nc(Nc2ccc(F)cc2)ncc1C#CCCCNC(=O)C1C[C@@H](F)CN1. The molecular formula is C21H24F2N6O. The maximum atomic E-state index is 13.1. The number of hydrogen-bond donors (Lipinski definition) is 4. The van der Waals surface area contributed by atoms with Gasteiger partial charge in [-0.1, -0.05) is 11.8 Å². The van der Waals surface area contributed by atoms with Crippen LogP contribution in [-0.2, 0) is 4.79 Å². The standard InChI is InChI=1S/C21H24F2N6O/c1-24-19-14(12-27-21(29-19)28-17-8-6-15(22)7-9-17)5-3-2-4-10-25-20(30)18-11-16(23)13-26-18/h6-9,12,16,18,26H,2,4,10-11,13H2,1H3,(H,25,30)(H2,24,27,28,29)/t16-,18?/m1/s1. The summed E-state index contributed by atoms with van der Waals surface area (Å²) in [5, 5.41) is 11.6. The zero-order chi connectivity index (χ0) is 21.3. The molecule has 7 nitrogen and oxygen atoms in total. The normalized spacial score (nSPS) is 17.7. The molecule has 2 aromatic rings. The maximum Gasteiger partial charge on any atom is 0.237 e. The molecule has 0 aliphatic carbocycles. The monoisotopic (exact) mass is 414 g/mol. The highest BCUT2D eigenvalue weighted by atomic mass is 19.1.